The number of imidazole rings is 1. The van der Waals surface area contributed by atoms with Gasteiger partial charge in [0, 0.05) is 52.2 Å². The second-order valence-corrected chi connectivity index (χ2v) is 16.1. The number of benzene rings is 8. The van der Waals surface area contributed by atoms with Crippen molar-refractivity contribution < 1.29 is 45.4 Å². The van der Waals surface area contributed by atoms with E-state index in [1.54, 1.807) is 12.1 Å². The maximum Gasteiger partial charge on any atom is 0.148 e. The first kappa shape index (κ1) is 30.1. The first-order chi connectivity index (χ1) is 37.3. The largest absolute Gasteiger partial charge is 0.507 e. The maximum absolute atomic E-state index is 11.7. The van der Waals surface area contributed by atoms with E-state index >= 15 is 0 Å². The van der Waals surface area contributed by atoms with E-state index in [1.807, 2.05) is 152 Å². The molecule has 0 aliphatic rings. The maximum atomic E-state index is 11.7. The Labute approximate surface area is 422 Å². The molecular weight excluding hydrogens is 986 g/mol. The van der Waals surface area contributed by atoms with Crippen LogP contribution in [0.25, 0.3) is 95.0 Å². The molecule has 0 saturated carbocycles. The predicted octanol–water partition coefficient (Wildman–Crippen LogP) is 16.0. The molecule has 66 heavy (non-hydrogen) atoms. The molecule has 0 atom stereocenters. The Hall–Kier alpha value is -7.13. The standard InChI is InChI=1S/C61H50N3O.Pt/c1-40(2)52-38-54(44-22-13-8-14-23-44)57(39-53(52)43-20-11-7-12-21-43)64-56-26-17-25-50(59(56)63-60(64)51-24-15-16-27-58(51)65)47-34-46(41-18-9-6-10-19-41)35-48(36-47)55-37-45(32-33-62-55)42-28-30-49(31-29-42)61(3,4)5;/h6-35,37-40,65H,1-5H3;/q-1;/i3D3,4D3,5D3,28D,29D,30D,31D,40D;. The van der Waals surface area contributed by atoms with Gasteiger partial charge in [-0.25, -0.2) is 4.98 Å². The van der Waals surface area contributed by atoms with E-state index in [0.717, 1.165) is 44.6 Å². The topological polar surface area (TPSA) is 50.9 Å². The summed E-state index contributed by atoms with van der Waals surface area (Å²) in [6, 6.07) is 52.8. The molecule has 8 aromatic carbocycles. The van der Waals surface area contributed by atoms with Crippen molar-refractivity contribution >= 4 is 11.0 Å². The third kappa shape index (κ3) is 8.58. The zero-order valence-corrected chi connectivity index (χ0v) is 38.1. The number of aromatic nitrogens is 3. The minimum Gasteiger partial charge on any atom is -0.507 e. The second-order valence-electron chi connectivity index (χ2n) is 16.1. The van der Waals surface area contributed by atoms with Crippen LogP contribution in [-0.4, -0.2) is 19.6 Å². The van der Waals surface area contributed by atoms with Gasteiger partial charge < -0.3 is 5.11 Å². The third-order valence-corrected chi connectivity index (χ3v) is 11.5. The second kappa shape index (κ2) is 18.4. The average molecular weight is 1050 g/mol. The summed E-state index contributed by atoms with van der Waals surface area (Å²) in [4.78, 5) is 10.1. The number of hydrogen-bond donors (Lipinski definition) is 1. The Morgan fingerprint density at radius 2 is 1.21 bits per heavy atom. The van der Waals surface area contributed by atoms with Gasteiger partial charge in [0.05, 0.1) is 27.8 Å². The van der Waals surface area contributed by atoms with Crippen LogP contribution >= 0.6 is 0 Å². The van der Waals surface area contributed by atoms with Crippen molar-refractivity contribution in [3.8, 4) is 89.7 Å². The van der Waals surface area contributed by atoms with Crippen LogP contribution in [-0.2, 0) is 26.5 Å². The minimum atomic E-state index is -3.83. The smallest absolute Gasteiger partial charge is 0.148 e. The Bertz CT molecular complexity index is 3900. The van der Waals surface area contributed by atoms with E-state index in [-0.39, 0.29) is 43.6 Å². The van der Waals surface area contributed by atoms with E-state index < -0.39 is 61.6 Å². The molecule has 0 saturated heterocycles. The molecule has 5 heteroatoms. The fourth-order valence-electron chi connectivity index (χ4n) is 8.32. The van der Waals surface area contributed by atoms with Gasteiger partial charge in [-0.1, -0.05) is 197 Å². The molecular formula is C61H50N3OPt-. The van der Waals surface area contributed by atoms with E-state index in [4.69, 9.17) is 27.8 Å². The van der Waals surface area contributed by atoms with Gasteiger partial charge in [0.1, 0.15) is 11.6 Å². The van der Waals surface area contributed by atoms with E-state index in [1.165, 1.54) is 18.3 Å². The molecule has 0 radical (unpaired) electrons. The molecule has 0 fully saturated rings. The van der Waals surface area contributed by atoms with Crippen LogP contribution in [0, 0.1) is 6.07 Å². The fraction of sp³-hybridized carbons (Fsp3) is 0.115. The van der Waals surface area contributed by atoms with Crippen molar-refractivity contribution in [2.24, 2.45) is 0 Å². The quantitative estimate of drug-likeness (QED) is 0.147. The third-order valence-electron chi connectivity index (χ3n) is 11.5. The van der Waals surface area contributed by atoms with Crippen molar-refractivity contribution in [1.29, 1.82) is 0 Å². The first-order valence-electron chi connectivity index (χ1n) is 28.1. The van der Waals surface area contributed by atoms with Gasteiger partial charge in [0.15, 0.2) is 0 Å². The average Bonchev–Trinajstić information content (AvgIpc) is 3.45. The van der Waals surface area contributed by atoms with Crippen molar-refractivity contribution in [3.05, 3.63) is 217 Å². The summed E-state index contributed by atoms with van der Waals surface area (Å²) in [5, 5.41) is 11.7. The molecule has 0 aliphatic carbocycles. The van der Waals surface area contributed by atoms with Gasteiger partial charge >= 0.3 is 0 Å². The van der Waals surface area contributed by atoms with Crippen LogP contribution < -0.4 is 0 Å². The number of rotatable bonds is 9. The molecule has 1 N–H and O–H groups in total. The van der Waals surface area contributed by atoms with Crippen LogP contribution in [0.15, 0.2) is 200 Å². The summed E-state index contributed by atoms with van der Waals surface area (Å²) in [5.74, 6) is -0.585. The molecule has 0 aliphatic heterocycles. The molecule has 0 amide bonds. The number of hydrogen-bond acceptors (Lipinski definition) is 3. The summed E-state index contributed by atoms with van der Waals surface area (Å²) >= 11 is 0. The summed E-state index contributed by atoms with van der Waals surface area (Å²) in [7, 11) is 0. The van der Waals surface area contributed by atoms with Crippen molar-refractivity contribution in [2.45, 2.75) is 45.7 Å². The van der Waals surface area contributed by atoms with Gasteiger partial charge in [0.2, 0.25) is 0 Å². The van der Waals surface area contributed by atoms with Gasteiger partial charge in [-0.2, -0.15) is 0 Å². The van der Waals surface area contributed by atoms with Crippen LogP contribution in [0.5, 0.6) is 5.75 Å². The molecule has 2 heterocycles. The zero-order valence-electron chi connectivity index (χ0n) is 49.8. The molecule has 0 unspecified atom stereocenters. The molecule has 2 aromatic heterocycles. The SMILES string of the molecule is [2H]c1c([2H])c(C(C([2H])([2H])[2H])(C([2H])([2H])[2H])C([2H])([2H])[2H])c([2H])c([2H])c1-c1ccnc(-c2[c-]c(-c3cccc4c3nc(-c3ccccc3O)n4-c3cc(-c4ccccc4)c(C([2H])(C)C)cc3-c3ccccc3)cc(-c3ccccc3)c2)c1.[Pt]. The summed E-state index contributed by atoms with van der Waals surface area (Å²) < 4.78 is 122. The molecule has 10 rings (SSSR count). The predicted molar refractivity (Wildman–Crippen MR) is 270 cm³/mol. The Morgan fingerprint density at radius 1 is 0.591 bits per heavy atom. The summed E-state index contributed by atoms with van der Waals surface area (Å²) in [5.41, 5.74) is 4.92. The van der Waals surface area contributed by atoms with E-state index in [9.17, 15) is 6.48 Å². The monoisotopic (exact) mass is 1050 g/mol. The van der Waals surface area contributed by atoms with Gasteiger partial charge in [-0.05, 0) is 92.2 Å². The Balaban J connectivity index is 0.00000774. The Kier molecular flexibility index (Phi) is 8.40. The normalized spacial score (nSPS) is 15.3. The van der Waals surface area contributed by atoms with Crippen LogP contribution in [0.1, 0.15) is 70.6 Å². The number of phenols is 1. The van der Waals surface area contributed by atoms with Gasteiger partial charge in [-0.3, -0.25) is 9.55 Å². The van der Waals surface area contributed by atoms with Crippen LogP contribution in [0.3, 0.4) is 0 Å². The number of fused-ring (bicyclic) bond motifs is 1. The van der Waals surface area contributed by atoms with E-state index in [0.29, 0.717) is 39.1 Å². The van der Waals surface area contributed by atoms with Crippen LogP contribution in [0.2, 0.25) is 0 Å². The number of para-hydroxylation sites is 2. The molecule has 10 aromatic rings. The summed E-state index contributed by atoms with van der Waals surface area (Å²) in [6.07, 6.45) is 1.40. The number of aromatic hydroxyl groups is 1. The zero-order chi connectivity index (χ0) is 56.6. The first-order valence-corrected chi connectivity index (χ1v) is 21.1. The number of phenolic OH excluding ortho intramolecular Hbond substituents is 1. The van der Waals surface area contributed by atoms with Crippen molar-refractivity contribution in [2.75, 3.05) is 0 Å². The molecule has 326 valence electrons. The molecule has 0 bridgehead atoms. The summed E-state index contributed by atoms with van der Waals surface area (Å²) in [6.45, 7) is -7.74. The molecule has 4 nitrogen and oxygen atoms in total. The number of pyridine rings is 1. The van der Waals surface area contributed by atoms with Crippen molar-refractivity contribution in [3.63, 3.8) is 0 Å². The Morgan fingerprint density at radius 3 is 1.88 bits per heavy atom. The van der Waals surface area contributed by atoms with Gasteiger partial charge in [0.25, 0.3) is 0 Å². The van der Waals surface area contributed by atoms with E-state index in [2.05, 4.69) is 18.2 Å². The minimum absolute atomic E-state index is 0. The fourth-order valence-corrected chi connectivity index (χ4v) is 8.32. The van der Waals surface area contributed by atoms with Crippen LogP contribution in [0.4, 0.5) is 0 Å². The number of nitrogens with zero attached hydrogens (tertiary/aromatic N) is 3. The molecule has 0 spiro atoms. The van der Waals surface area contributed by atoms with Crippen molar-refractivity contribution in [1.82, 2.24) is 14.5 Å². The van der Waals surface area contributed by atoms with Gasteiger partial charge in [-0.15, -0.1) is 23.8 Å².